The molecule has 34 heavy (non-hydrogen) atoms. The van der Waals surface area contributed by atoms with Crippen LogP contribution in [-0.4, -0.2) is 66.3 Å². The minimum atomic E-state index is -0.297. The summed E-state index contributed by atoms with van der Waals surface area (Å²) in [5, 5.41) is 0. The van der Waals surface area contributed by atoms with Crippen LogP contribution < -0.4 is 39.3 Å². The highest BCUT2D eigenvalue weighted by atomic mass is 35.5. The van der Waals surface area contributed by atoms with Crippen LogP contribution >= 0.6 is 12.4 Å². The Bertz CT molecular complexity index is 684. The van der Waals surface area contributed by atoms with Gasteiger partial charge in [0.25, 0.3) is 0 Å². The van der Waals surface area contributed by atoms with E-state index in [1.807, 2.05) is 6.92 Å². The Morgan fingerprint density at radius 1 is 0.765 bits per heavy atom. The van der Waals surface area contributed by atoms with Crippen molar-refractivity contribution in [3.8, 4) is 0 Å². The molecule has 208 valence electrons. The van der Waals surface area contributed by atoms with Crippen molar-refractivity contribution >= 4 is 36.2 Å². The van der Waals surface area contributed by atoms with Gasteiger partial charge in [0.2, 0.25) is 17.8 Å². The molecule has 4 rings (SSSR count). The fourth-order valence-electron chi connectivity index (χ4n) is 4.60. The third-order valence-electron chi connectivity index (χ3n) is 6.20. The molecule has 0 aromatic carbocycles. The number of aromatic nitrogens is 3. The first-order chi connectivity index (χ1) is 14.3. The van der Waals surface area contributed by atoms with Crippen LogP contribution in [0.25, 0.3) is 0 Å². The summed E-state index contributed by atoms with van der Waals surface area (Å²) in [7, 11) is 0. The van der Waals surface area contributed by atoms with Crippen LogP contribution in [0.3, 0.4) is 0 Å². The lowest BCUT2D eigenvalue weighted by molar-refractivity contribution is -0.145. The van der Waals surface area contributed by atoms with Gasteiger partial charge in [0.1, 0.15) is 6.04 Å². The summed E-state index contributed by atoms with van der Waals surface area (Å²) in [6.07, 6.45) is 10.1. The SMILES string of the molecule is CCOC(=O)C1CCCCN1c1nc(N2CCCCC2)nc(N2CCCCC2)n1.Cl.N.N.N.N.[HH].[HH].[HH].[HH]. The third-order valence-corrected chi connectivity index (χ3v) is 6.20. The summed E-state index contributed by atoms with van der Waals surface area (Å²) in [5.41, 5.74) is 0. The third kappa shape index (κ3) is 8.05. The number of halogens is 1. The van der Waals surface area contributed by atoms with Crippen LogP contribution in [-0.2, 0) is 9.53 Å². The highest BCUT2D eigenvalue weighted by Gasteiger charge is 2.33. The summed E-state index contributed by atoms with van der Waals surface area (Å²) in [5.74, 6) is 2.01. The lowest BCUT2D eigenvalue weighted by atomic mass is 10.0. The van der Waals surface area contributed by atoms with E-state index in [4.69, 9.17) is 19.7 Å². The first-order valence-corrected chi connectivity index (χ1v) is 11.5. The molecule has 3 aliphatic rings. The van der Waals surface area contributed by atoms with Gasteiger partial charge in [0.15, 0.2) is 0 Å². The summed E-state index contributed by atoms with van der Waals surface area (Å²) in [6, 6.07) is -0.297. The van der Waals surface area contributed by atoms with Gasteiger partial charge in [-0.3, -0.25) is 0 Å². The smallest absolute Gasteiger partial charge is 0.328 e. The number of carbonyl (C=O) groups is 1. The zero-order valence-electron chi connectivity index (χ0n) is 20.9. The number of carbonyl (C=O) groups excluding carboxylic acids is 1. The Kier molecular flexibility index (Phi) is 16.7. The van der Waals surface area contributed by atoms with Crippen molar-refractivity contribution in [3.63, 3.8) is 0 Å². The number of hydrogen-bond acceptors (Lipinski definition) is 12. The fourth-order valence-corrected chi connectivity index (χ4v) is 4.60. The molecule has 0 spiro atoms. The second-order valence-corrected chi connectivity index (χ2v) is 8.29. The molecule has 1 aromatic heterocycles. The molecule has 3 aliphatic heterocycles. The largest absolute Gasteiger partial charge is 0.464 e. The van der Waals surface area contributed by atoms with Gasteiger partial charge in [-0.05, 0) is 64.7 Å². The fraction of sp³-hybridized carbons (Fsp3) is 0.810. The summed E-state index contributed by atoms with van der Waals surface area (Å²) >= 11 is 0. The van der Waals surface area contributed by atoms with Gasteiger partial charge in [0.05, 0.1) is 6.61 Å². The molecule has 0 saturated carbocycles. The predicted molar refractivity (Wildman–Crippen MR) is 149 cm³/mol. The molecular weight excluding hydrogens is 460 g/mol. The number of esters is 1. The normalized spacial score (nSPS) is 19.8. The zero-order chi connectivity index (χ0) is 20.1. The molecule has 3 saturated heterocycles. The molecular formula is C21H55ClN10O2. The van der Waals surface area contributed by atoms with Gasteiger partial charge in [0, 0.05) is 38.4 Å². The van der Waals surface area contributed by atoms with E-state index >= 15 is 0 Å². The van der Waals surface area contributed by atoms with Crippen LogP contribution in [0.15, 0.2) is 0 Å². The van der Waals surface area contributed by atoms with Gasteiger partial charge in [-0.1, -0.05) is 0 Å². The molecule has 0 aliphatic carbocycles. The van der Waals surface area contributed by atoms with E-state index in [-0.39, 0.29) is 54.7 Å². The maximum atomic E-state index is 12.6. The van der Waals surface area contributed by atoms with Gasteiger partial charge in [-0.15, -0.1) is 12.4 Å². The van der Waals surface area contributed by atoms with E-state index in [0.717, 1.165) is 63.9 Å². The first kappa shape index (κ1) is 34.2. The highest BCUT2D eigenvalue weighted by Crippen LogP contribution is 2.28. The Morgan fingerprint density at radius 3 is 1.68 bits per heavy atom. The standard InChI is InChI=1S/C21H34N6O2.ClH.4H3N.4H2/c1-2-29-18(28)17-11-5-10-16-27(17)21-23-19(25-12-6-3-7-13-25)22-20(24-21)26-14-8-4-9-15-26;;;;;;;;;/h17H,2-16H2,1H3;1H;4*1H3;4*1H. The summed E-state index contributed by atoms with van der Waals surface area (Å²) in [6.45, 7) is 7.00. The van der Waals surface area contributed by atoms with E-state index in [1.165, 1.54) is 38.5 Å². The van der Waals surface area contributed by atoms with Crippen molar-refractivity contribution in [2.24, 2.45) is 0 Å². The van der Waals surface area contributed by atoms with E-state index in [2.05, 4.69) is 14.7 Å². The van der Waals surface area contributed by atoms with Crippen molar-refractivity contribution in [1.29, 1.82) is 0 Å². The molecule has 0 bridgehead atoms. The van der Waals surface area contributed by atoms with E-state index in [0.29, 0.717) is 12.6 Å². The molecule has 1 aromatic rings. The molecule has 1 atom stereocenters. The van der Waals surface area contributed by atoms with Crippen LogP contribution in [0, 0.1) is 0 Å². The Balaban J connectivity index is -0.000000284. The molecule has 12 nitrogen and oxygen atoms in total. The highest BCUT2D eigenvalue weighted by molar-refractivity contribution is 5.85. The van der Waals surface area contributed by atoms with Crippen molar-refractivity contribution in [2.75, 3.05) is 54.0 Å². The minimum Gasteiger partial charge on any atom is -0.464 e. The van der Waals surface area contributed by atoms with Crippen LogP contribution in [0.1, 0.15) is 70.4 Å². The molecule has 3 fully saturated rings. The van der Waals surface area contributed by atoms with Crippen molar-refractivity contribution < 1.29 is 15.2 Å². The van der Waals surface area contributed by atoms with Crippen LogP contribution in [0.5, 0.6) is 0 Å². The van der Waals surface area contributed by atoms with Gasteiger partial charge >= 0.3 is 5.97 Å². The molecule has 12 N–H and O–H groups in total. The first-order valence-electron chi connectivity index (χ1n) is 11.5. The molecule has 13 heteroatoms. The number of anilines is 3. The number of ether oxygens (including phenoxy) is 1. The number of piperidine rings is 3. The maximum Gasteiger partial charge on any atom is 0.328 e. The van der Waals surface area contributed by atoms with Crippen LogP contribution in [0.2, 0.25) is 0 Å². The Labute approximate surface area is 216 Å². The van der Waals surface area contributed by atoms with Crippen molar-refractivity contribution in [1.82, 2.24) is 39.6 Å². The van der Waals surface area contributed by atoms with Crippen molar-refractivity contribution in [2.45, 2.75) is 70.8 Å². The van der Waals surface area contributed by atoms with Crippen LogP contribution in [0.4, 0.5) is 17.8 Å². The molecule has 0 radical (unpaired) electrons. The lowest BCUT2D eigenvalue weighted by Crippen LogP contribution is -2.47. The van der Waals surface area contributed by atoms with E-state index in [1.54, 1.807) is 0 Å². The second kappa shape index (κ2) is 16.6. The predicted octanol–water partition coefficient (Wildman–Crippen LogP) is 4.83. The van der Waals surface area contributed by atoms with Gasteiger partial charge < -0.3 is 44.0 Å². The van der Waals surface area contributed by atoms with Crippen molar-refractivity contribution in [3.05, 3.63) is 0 Å². The van der Waals surface area contributed by atoms with Gasteiger partial charge in [-0.2, -0.15) is 15.0 Å². The topological polar surface area (TPSA) is 215 Å². The zero-order valence-corrected chi connectivity index (χ0v) is 21.7. The average Bonchev–Trinajstić information content (AvgIpc) is 2.80. The van der Waals surface area contributed by atoms with Gasteiger partial charge in [-0.25, -0.2) is 4.79 Å². The van der Waals surface area contributed by atoms with E-state index < -0.39 is 0 Å². The van der Waals surface area contributed by atoms with E-state index in [9.17, 15) is 4.79 Å². The molecule has 0 amide bonds. The molecule has 1 unspecified atom stereocenters. The maximum absolute atomic E-state index is 12.6. The second-order valence-electron chi connectivity index (χ2n) is 8.29. The minimum absolute atomic E-state index is 0. The Morgan fingerprint density at radius 2 is 1.21 bits per heavy atom. The number of rotatable bonds is 5. The quantitative estimate of drug-likeness (QED) is 0.388. The summed E-state index contributed by atoms with van der Waals surface area (Å²) in [4.78, 5) is 33.8. The number of hydrogen-bond donors (Lipinski definition) is 4. The average molecular weight is 515 g/mol. The Hall–Kier alpha value is -1.99. The monoisotopic (exact) mass is 514 g/mol. The lowest BCUT2D eigenvalue weighted by Gasteiger charge is -2.36. The summed E-state index contributed by atoms with van der Waals surface area (Å²) < 4.78 is 5.35. The molecule has 4 heterocycles. The number of nitrogens with zero attached hydrogens (tertiary/aromatic N) is 6.